The Labute approximate surface area is 62.3 Å². The zero-order valence-electron chi connectivity index (χ0n) is 6.39. The predicted molar refractivity (Wildman–Crippen MR) is 41.0 cm³/mol. The average Bonchev–Trinajstić information content (AvgIpc) is 2.20. The van der Waals surface area contributed by atoms with Gasteiger partial charge in [-0.25, -0.2) is 0 Å². The molecule has 0 bridgehead atoms. The smallest absolute Gasteiger partial charge is 0.188 e. The highest BCUT2D eigenvalue weighted by atomic mass is 31.2. The Hall–Kier alpha value is 0.310. The molecule has 0 aromatic carbocycles. The summed E-state index contributed by atoms with van der Waals surface area (Å²) in [6, 6.07) is 0. The van der Waals surface area contributed by atoms with E-state index in [1.807, 2.05) is 0 Å². The lowest BCUT2D eigenvalue weighted by atomic mass is 10.1. The molecule has 0 spiro atoms. The number of hydrogen-bond acceptors (Lipinski definition) is 3. The molecule has 58 valence electrons. The monoisotopic (exact) mass is 162 g/mol. The minimum absolute atomic E-state index is 0.0364. The summed E-state index contributed by atoms with van der Waals surface area (Å²) >= 11 is 0. The Bertz CT molecular complexity index is 137. The van der Waals surface area contributed by atoms with Gasteiger partial charge in [0.2, 0.25) is 0 Å². The van der Waals surface area contributed by atoms with Gasteiger partial charge in [-0.05, 0) is 13.8 Å². The molecule has 3 nitrogen and oxygen atoms in total. The van der Waals surface area contributed by atoms with Crippen LogP contribution in [-0.4, -0.2) is 30.0 Å². The van der Waals surface area contributed by atoms with Crippen LogP contribution in [0.4, 0.5) is 0 Å². The van der Waals surface area contributed by atoms with Gasteiger partial charge >= 0.3 is 8.53 Å². The molecule has 0 saturated carbocycles. The van der Waals surface area contributed by atoms with Crippen molar-refractivity contribution in [3.05, 3.63) is 0 Å². The van der Waals surface area contributed by atoms with Crippen LogP contribution in [0.5, 0.6) is 0 Å². The molecular weight excluding hydrogens is 149 g/mol. The van der Waals surface area contributed by atoms with E-state index in [4.69, 9.17) is 9.05 Å². The molecular formula is C6H13NO2P+. The van der Waals surface area contributed by atoms with Crippen LogP contribution in [0.3, 0.4) is 0 Å². The Balaban J connectivity index is 2.07. The zero-order chi connectivity index (χ0) is 7.19. The van der Waals surface area contributed by atoms with Crippen molar-refractivity contribution in [2.75, 3.05) is 19.7 Å². The predicted octanol–water partition coefficient (Wildman–Crippen LogP) is 1.09. The highest BCUT2D eigenvalue weighted by molar-refractivity contribution is 7.45. The fourth-order valence-electron chi connectivity index (χ4n) is 1.39. The van der Waals surface area contributed by atoms with Gasteiger partial charge in [0.25, 0.3) is 0 Å². The molecule has 10 heavy (non-hydrogen) atoms. The van der Waals surface area contributed by atoms with Gasteiger partial charge in [-0.15, -0.1) is 4.67 Å². The highest BCUT2D eigenvalue weighted by Crippen LogP contribution is 2.55. The Kier molecular flexibility index (Phi) is 1.50. The van der Waals surface area contributed by atoms with Gasteiger partial charge in [0, 0.05) is 0 Å². The minimum Gasteiger partial charge on any atom is -0.188 e. The van der Waals surface area contributed by atoms with Crippen LogP contribution in [0.25, 0.3) is 0 Å². The molecule has 2 aliphatic heterocycles. The molecule has 2 aliphatic rings. The topological polar surface area (TPSA) is 21.7 Å². The summed E-state index contributed by atoms with van der Waals surface area (Å²) in [4.78, 5) is 0. The maximum atomic E-state index is 5.68. The minimum atomic E-state index is -0.991. The van der Waals surface area contributed by atoms with E-state index in [9.17, 15) is 0 Å². The summed E-state index contributed by atoms with van der Waals surface area (Å²) in [7, 11) is -0.991. The summed E-state index contributed by atoms with van der Waals surface area (Å²) in [6.45, 7) is 7.21. The van der Waals surface area contributed by atoms with E-state index in [-0.39, 0.29) is 5.60 Å². The Morgan fingerprint density at radius 1 is 1.50 bits per heavy atom. The summed E-state index contributed by atoms with van der Waals surface area (Å²) < 4.78 is 13.4. The SMILES string of the molecule is CC1(C)CN2CCO[PH+]2O1. The van der Waals surface area contributed by atoms with E-state index in [2.05, 4.69) is 18.5 Å². The third-order valence-corrected chi connectivity index (χ3v) is 3.86. The van der Waals surface area contributed by atoms with Crippen LogP contribution in [0.1, 0.15) is 13.8 Å². The van der Waals surface area contributed by atoms with Crippen molar-refractivity contribution in [3.63, 3.8) is 0 Å². The van der Waals surface area contributed by atoms with Crippen LogP contribution in [-0.2, 0) is 9.05 Å². The molecule has 4 heteroatoms. The fourth-order valence-corrected chi connectivity index (χ4v) is 3.35. The molecule has 0 aromatic rings. The van der Waals surface area contributed by atoms with Crippen LogP contribution in [0.2, 0.25) is 0 Å². The summed E-state index contributed by atoms with van der Waals surface area (Å²) in [5.74, 6) is 0. The quantitative estimate of drug-likeness (QED) is 0.497. The lowest BCUT2D eigenvalue weighted by Gasteiger charge is -2.09. The maximum Gasteiger partial charge on any atom is 0.336 e. The second-order valence-corrected chi connectivity index (χ2v) is 5.05. The van der Waals surface area contributed by atoms with Gasteiger partial charge in [0.1, 0.15) is 12.2 Å². The van der Waals surface area contributed by atoms with E-state index in [0.29, 0.717) is 0 Å². The molecule has 0 aromatic heterocycles. The van der Waals surface area contributed by atoms with E-state index < -0.39 is 8.53 Å². The van der Waals surface area contributed by atoms with Crippen LogP contribution >= 0.6 is 8.53 Å². The van der Waals surface area contributed by atoms with Crippen molar-refractivity contribution in [2.24, 2.45) is 0 Å². The fraction of sp³-hybridized carbons (Fsp3) is 1.00. The first-order chi connectivity index (χ1) is 4.67. The molecule has 1 atom stereocenters. The Morgan fingerprint density at radius 2 is 2.30 bits per heavy atom. The number of fused-ring (bicyclic) bond motifs is 1. The molecule has 2 fully saturated rings. The molecule has 2 saturated heterocycles. The molecule has 2 rings (SSSR count). The standard InChI is InChI=1S/C6H12NO2P/c1-6(2)5-7-3-4-8-10(7)9-6/h3-5H2,1-2H3/p+1. The first-order valence-corrected chi connectivity index (χ1v) is 4.87. The van der Waals surface area contributed by atoms with Crippen molar-refractivity contribution in [1.82, 2.24) is 4.67 Å². The molecule has 2 heterocycles. The van der Waals surface area contributed by atoms with Gasteiger partial charge in [-0.2, -0.15) is 9.05 Å². The Morgan fingerprint density at radius 3 is 3.00 bits per heavy atom. The summed E-state index contributed by atoms with van der Waals surface area (Å²) in [5, 5.41) is 0. The van der Waals surface area contributed by atoms with Crippen molar-refractivity contribution < 1.29 is 9.05 Å². The zero-order valence-corrected chi connectivity index (χ0v) is 7.39. The van der Waals surface area contributed by atoms with E-state index in [1.165, 1.54) is 0 Å². The van der Waals surface area contributed by atoms with Crippen molar-refractivity contribution in [2.45, 2.75) is 19.4 Å². The molecule has 0 radical (unpaired) electrons. The van der Waals surface area contributed by atoms with E-state index >= 15 is 0 Å². The third kappa shape index (κ3) is 1.08. The summed E-state index contributed by atoms with van der Waals surface area (Å²) in [6.07, 6.45) is 0. The van der Waals surface area contributed by atoms with Gasteiger partial charge in [-0.3, -0.25) is 0 Å². The maximum absolute atomic E-state index is 5.68. The average molecular weight is 162 g/mol. The van der Waals surface area contributed by atoms with Gasteiger partial charge in [-0.1, -0.05) is 0 Å². The van der Waals surface area contributed by atoms with Crippen LogP contribution < -0.4 is 0 Å². The largest absolute Gasteiger partial charge is 0.336 e. The number of nitrogens with zero attached hydrogens (tertiary/aromatic N) is 1. The van der Waals surface area contributed by atoms with Gasteiger partial charge < -0.3 is 0 Å². The molecule has 1 unspecified atom stereocenters. The molecule has 0 amide bonds. The van der Waals surface area contributed by atoms with Crippen molar-refractivity contribution in [3.8, 4) is 0 Å². The van der Waals surface area contributed by atoms with Crippen LogP contribution in [0.15, 0.2) is 0 Å². The van der Waals surface area contributed by atoms with Crippen molar-refractivity contribution in [1.29, 1.82) is 0 Å². The number of hydrogen-bond donors (Lipinski definition) is 0. The molecule has 0 N–H and O–H groups in total. The van der Waals surface area contributed by atoms with Gasteiger partial charge in [0.05, 0.1) is 13.1 Å². The molecule has 0 aliphatic carbocycles. The van der Waals surface area contributed by atoms with E-state index in [1.54, 1.807) is 0 Å². The lowest BCUT2D eigenvalue weighted by Crippen LogP contribution is -2.27. The van der Waals surface area contributed by atoms with Gasteiger partial charge in [0.15, 0.2) is 0 Å². The third-order valence-electron chi connectivity index (χ3n) is 1.78. The second-order valence-electron chi connectivity index (χ2n) is 3.40. The first kappa shape index (κ1) is 6.99. The highest BCUT2D eigenvalue weighted by Gasteiger charge is 2.50. The normalized spacial score (nSPS) is 38.4. The van der Waals surface area contributed by atoms with Crippen LogP contribution in [0, 0.1) is 0 Å². The van der Waals surface area contributed by atoms with E-state index in [0.717, 1.165) is 19.7 Å². The van der Waals surface area contributed by atoms with Crippen molar-refractivity contribution >= 4 is 8.53 Å². The number of rotatable bonds is 0. The summed E-state index contributed by atoms with van der Waals surface area (Å²) in [5.41, 5.74) is 0.0364. The lowest BCUT2D eigenvalue weighted by molar-refractivity contribution is 0.127. The second kappa shape index (κ2) is 2.15. The first-order valence-electron chi connectivity index (χ1n) is 3.61.